The lowest BCUT2D eigenvalue weighted by Crippen LogP contribution is -2.13. The van der Waals surface area contributed by atoms with E-state index < -0.39 is 40.7 Å². The van der Waals surface area contributed by atoms with E-state index in [1.807, 2.05) is 0 Å². The number of aliphatic carboxylic acids is 1. The Morgan fingerprint density at radius 2 is 1.89 bits per heavy atom. The highest BCUT2D eigenvalue weighted by atomic mass is 32.1. The first kappa shape index (κ1) is 26.7. The number of nitrogens with one attached hydrogen (secondary N) is 1. The summed E-state index contributed by atoms with van der Waals surface area (Å²) < 4.78 is 53.9. The Bertz CT molecular complexity index is 1270. The largest absolute Gasteiger partial charge is 0.490 e. The first-order chi connectivity index (χ1) is 17.2. The van der Waals surface area contributed by atoms with Crippen LogP contribution in [0.25, 0.3) is 17.3 Å². The first-order valence-electron chi connectivity index (χ1n) is 10.9. The third-order valence-electron chi connectivity index (χ3n) is 5.02. The number of methoxy groups -OCH3 is 1. The number of rotatable bonds is 11. The highest BCUT2D eigenvalue weighted by molar-refractivity contribution is 7.14. The third kappa shape index (κ3) is 6.42. The molecule has 3 aromatic rings. The number of thiazole rings is 1. The van der Waals surface area contributed by atoms with Gasteiger partial charge >= 0.3 is 5.97 Å². The molecule has 0 bridgehead atoms. The molecule has 1 aromatic heterocycles. The normalized spacial score (nSPS) is 11.3. The standard InChI is InChI=1S/C25H23F3N2O5S/c1-3-4-5-9-35-20-8-6-7-15(22(20)28)19-13-36-25(29-19)30-23(31)14-10-17(26)16(18(27)11-14)12-21(34-2)24(32)33/h6-8,10-13H,3-5,9H2,1-2H3,(H,32,33)(H,29,30,31). The summed E-state index contributed by atoms with van der Waals surface area (Å²) in [6, 6.07) is 6.19. The van der Waals surface area contributed by atoms with Crippen LogP contribution in [0.2, 0.25) is 0 Å². The van der Waals surface area contributed by atoms with Crippen molar-refractivity contribution in [3.05, 3.63) is 70.0 Å². The lowest BCUT2D eigenvalue weighted by atomic mass is 10.1. The number of carboxylic acid groups (broad SMARTS) is 1. The third-order valence-corrected chi connectivity index (χ3v) is 5.77. The number of nitrogens with zero attached hydrogens (tertiary/aromatic N) is 1. The summed E-state index contributed by atoms with van der Waals surface area (Å²) in [7, 11) is 1.04. The molecule has 0 fully saturated rings. The number of carbonyl (C=O) groups is 2. The van der Waals surface area contributed by atoms with Crippen molar-refractivity contribution < 1.29 is 37.3 Å². The number of carbonyl (C=O) groups excluding carboxylic acids is 1. The first-order valence-corrected chi connectivity index (χ1v) is 11.8. The van der Waals surface area contributed by atoms with Crippen LogP contribution < -0.4 is 10.1 Å². The highest BCUT2D eigenvalue weighted by Crippen LogP contribution is 2.32. The van der Waals surface area contributed by atoms with E-state index in [9.17, 15) is 22.8 Å². The van der Waals surface area contributed by atoms with Crippen molar-refractivity contribution in [1.29, 1.82) is 0 Å². The predicted molar refractivity (Wildman–Crippen MR) is 129 cm³/mol. The number of hydrogen-bond acceptors (Lipinski definition) is 6. The van der Waals surface area contributed by atoms with Gasteiger partial charge in [0.25, 0.3) is 5.91 Å². The quantitative estimate of drug-likeness (QED) is 0.180. The molecule has 190 valence electrons. The highest BCUT2D eigenvalue weighted by Gasteiger charge is 2.19. The Hall–Kier alpha value is -3.86. The summed E-state index contributed by atoms with van der Waals surface area (Å²) in [5.41, 5.74) is -0.595. The van der Waals surface area contributed by atoms with E-state index in [0.29, 0.717) is 12.7 Å². The lowest BCUT2D eigenvalue weighted by Gasteiger charge is -2.09. The molecule has 2 N–H and O–H groups in total. The number of unbranched alkanes of at least 4 members (excludes halogenated alkanes) is 2. The Morgan fingerprint density at radius 1 is 1.17 bits per heavy atom. The number of anilines is 1. The Kier molecular flexibility index (Phi) is 9.07. The zero-order valence-electron chi connectivity index (χ0n) is 19.4. The van der Waals surface area contributed by atoms with E-state index >= 15 is 0 Å². The molecule has 11 heteroatoms. The molecule has 0 aliphatic rings. The van der Waals surface area contributed by atoms with Gasteiger partial charge in [-0.2, -0.15) is 0 Å². The second kappa shape index (κ2) is 12.2. The van der Waals surface area contributed by atoms with Crippen molar-refractivity contribution >= 4 is 34.4 Å². The van der Waals surface area contributed by atoms with Crippen LogP contribution in [0.3, 0.4) is 0 Å². The minimum absolute atomic E-state index is 0.0843. The van der Waals surface area contributed by atoms with Gasteiger partial charge in [0.15, 0.2) is 16.7 Å². The second-order valence-electron chi connectivity index (χ2n) is 7.54. The maximum absolute atomic E-state index is 14.9. The van der Waals surface area contributed by atoms with Crippen molar-refractivity contribution in [3.8, 4) is 17.0 Å². The van der Waals surface area contributed by atoms with Gasteiger partial charge in [-0.25, -0.2) is 22.9 Å². The maximum Gasteiger partial charge on any atom is 0.371 e. The molecule has 0 saturated carbocycles. The monoisotopic (exact) mass is 520 g/mol. The van der Waals surface area contributed by atoms with E-state index in [2.05, 4.69) is 22.0 Å². The summed E-state index contributed by atoms with van der Waals surface area (Å²) in [4.78, 5) is 27.8. The molecule has 0 aliphatic carbocycles. The van der Waals surface area contributed by atoms with Gasteiger partial charge < -0.3 is 14.6 Å². The fourth-order valence-electron chi connectivity index (χ4n) is 3.17. The summed E-state index contributed by atoms with van der Waals surface area (Å²) in [5, 5.41) is 13.0. The summed E-state index contributed by atoms with van der Waals surface area (Å²) >= 11 is 1.00. The number of halogens is 3. The van der Waals surface area contributed by atoms with Gasteiger partial charge in [0.1, 0.15) is 11.6 Å². The molecular weight excluding hydrogens is 497 g/mol. The average molecular weight is 521 g/mol. The Balaban J connectivity index is 1.76. The van der Waals surface area contributed by atoms with Gasteiger partial charge in [0, 0.05) is 28.1 Å². The minimum Gasteiger partial charge on any atom is -0.490 e. The number of amides is 1. The minimum atomic E-state index is -1.51. The number of aromatic nitrogens is 1. The lowest BCUT2D eigenvalue weighted by molar-refractivity contribution is -0.135. The van der Waals surface area contributed by atoms with Gasteiger partial charge in [-0.15, -0.1) is 11.3 Å². The van der Waals surface area contributed by atoms with Crippen molar-refractivity contribution in [2.75, 3.05) is 19.0 Å². The van der Waals surface area contributed by atoms with Crippen LogP contribution in [0.4, 0.5) is 18.3 Å². The molecule has 1 heterocycles. The molecule has 1 amide bonds. The zero-order valence-corrected chi connectivity index (χ0v) is 20.3. The topological polar surface area (TPSA) is 97.8 Å². The van der Waals surface area contributed by atoms with Crippen LogP contribution in [-0.4, -0.2) is 35.7 Å². The van der Waals surface area contributed by atoms with Crippen LogP contribution in [0.5, 0.6) is 5.75 Å². The van der Waals surface area contributed by atoms with Crippen LogP contribution in [-0.2, 0) is 9.53 Å². The summed E-state index contributed by atoms with van der Waals surface area (Å²) in [6.45, 7) is 2.44. The number of benzene rings is 2. The molecule has 0 unspecified atom stereocenters. The number of carboxylic acids is 1. The van der Waals surface area contributed by atoms with Crippen LogP contribution in [0.15, 0.2) is 41.5 Å². The molecule has 2 aromatic carbocycles. The predicted octanol–water partition coefficient (Wildman–Crippen LogP) is 6.12. The molecule has 7 nitrogen and oxygen atoms in total. The van der Waals surface area contributed by atoms with E-state index in [1.165, 1.54) is 17.5 Å². The fraction of sp³-hybridized carbons (Fsp3) is 0.240. The number of hydrogen-bond donors (Lipinski definition) is 2. The van der Waals surface area contributed by atoms with Gasteiger partial charge in [0.2, 0.25) is 5.76 Å². The Morgan fingerprint density at radius 3 is 2.53 bits per heavy atom. The molecule has 36 heavy (non-hydrogen) atoms. The van der Waals surface area contributed by atoms with E-state index in [1.54, 1.807) is 6.07 Å². The maximum atomic E-state index is 14.9. The van der Waals surface area contributed by atoms with Gasteiger partial charge in [-0.1, -0.05) is 25.8 Å². The molecule has 3 rings (SSSR count). The van der Waals surface area contributed by atoms with Crippen LogP contribution in [0, 0.1) is 17.5 Å². The fourth-order valence-corrected chi connectivity index (χ4v) is 3.88. The molecule has 0 aliphatic heterocycles. The van der Waals surface area contributed by atoms with E-state index in [4.69, 9.17) is 9.84 Å². The van der Waals surface area contributed by atoms with Crippen molar-refractivity contribution in [2.45, 2.75) is 26.2 Å². The van der Waals surface area contributed by atoms with Crippen molar-refractivity contribution in [2.24, 2.45) is 0 Å². The average Bonchev–Trinajstić information content (AvgIpc) is 3.30. The molecule has 0 atom stereocenters. The molecule has 0 radical (unpaired) electrons. The van der Waals surface area contributed by atoms with E-state index in [-0.39, 0.29) is 27.7 Å². The van der Waals surface area contributed by atoms with Gasteiger partial charge in [-0.3, -0.25) is 10.1 Å². The smallest absolute Gasteiger partial charge is 0.371 e. The summed E-state index contributed by atoms with van der Waals surface area (Å²) in [5.74, 6) is -5.85. The second-order valence-corrected chi connectivity index (χ2v) is 8.39. The van der Waals surface area contributed by atoms with E-state index in [0.717, 1.165) is 49.8 Å². The Labute approximate surface area is 209 Å². The van der Waals surface area contributed by atoms with Crippen LogP contribution >= 0.6 is 11.3 Å². The van der Waals surface area contributed by atoms with Crippen molar-refractivity contribution in [3.63, 3.8) is 0 Å². The zero-order chi connectivity index (χ0) is 26.2. The SMILES string of the molecule is CCCCCOc1cccc(-c2csc(NC(=O)c3cc(F)c(C=C(OC)C(=O)O)c(F)c3)n2)c1F. The van der Waals surface area contributed by atoms with Crippen LogP contribution in [0.1, 0.15) is 42.1 Å². The summed E-state index contributed by atoms with van der Waals surface area (Å²) in [6.07, 6.45) is 3.47. The number of ether oxygens (including phenoxy) is 2. The molecular formula is C25H23F3N2O5S. The van der Waals surface area contributed by atoms with Gasteiger partial charge in [0.05, 0.1) is 19.4 Å². The molecule has 0 saturated heterocycles. The van der Waals surface area contributed by atoms with Gasteiger partial charge in [-0.05, 0) is 30.7 Å². The molecule has 0 spiro atoms. The van der Waals surface area contributed by atoms with Crippen molar-refractivity contribution in [1.82, 2.24) is 4.98 Å².